The average molecular weight is 563 g/mol. The summed E-state index contributed by atoms with van der Waals surface area (Å²) in [6, 6.07) is 0. The number of carboxylic acid groups (broad SMARTS) is 1. The molecular weight excluding hydrogens is 504 g/mol. The fourth-order valence-corrected chi connectivity index (χ4v) is 2.82. The van der Waals surface area contributed by atoms with Crippen molar-refractivity contribution in [3.63, 3.8) is 0 Å². The Labute approximate surface area is 237 Å². The standard InChI is InChI=1S/C18H30O2.C8H18O5.C4H10O2/c1-2-3-4-5-6-7-8-9-10-11-12-13-14-15-16-17-18(19)20;9-1-3-11-5-7-13-8-6-12-4-2-10;1-2-3-4(5)6/h3-4,6-7,9-10H,2,5,8,11-17H2,1H3,(H,19,20);9-10H,1-8H2;4-6H,2-3H2,1H3/b4-3-,7-6-,10-9-;;. The zero-order chi connectivity index (χ0) is 29.7. The van der Waals surface area contributed by atoms with Gasteiger partial charge in [-0.3, -0.25) is 4.79 Å². The normalized spacial score (nSPS) is 11.3. The molecule has 0 fully saturated rings. The second kappa shape index (κ2) is 40.9. The Kier molecular flexibility index (Phi) is 43.9. The van der Waals surface area contributed by atoms with Crippen molar-refractivity contribution in [2.75, 3.05) is 52.9 Å². The molecule has 0 aromatic rings. The summed E-state index contributed by atoms with van der Waals surface area (Å²) in [6.07, 6.45) is 23.6. The number of aliphatic hydroxyl groups excluding tert-OH is 3. The summed E-state index contributed by atoms with van der Waals surface area (Å²) < 4.78 is 15.0. The van der Waals surface area contributed by atoms with E-state index in [2.05, 4.69) is 43.4 Å². The topological polar surface area (TPSA) is 146 Å². The minimum atomic E-state index is -1.10. The number of hydrogen-bond donors (Lipinski definition) is 5. The predicted octanol–water partition coefficient (Wildman–Crippen LogP) is 4.78. The van der Waals surface area contributed by atoms with Crippen LogP contribution in [-0.2, 0) is 19.0 Å². The van der Waals surface area contributed by atoms with Crippen LogP contribution in [0.5, 0.6) is 0 Å². The minimum Gasteiger partial charge on any atom is -0.481 e. The molecule has 0 bridgehead atoms. The summed E-state index contributed by atoms with van der Waals surface area (Å²) in [6.45, 7) is 6.81. The number of carboxylic acids is 1. The highest BCUT2D eigenvalue weighted by Crippen LogP contribution is 2.07. The maximum atomic E-state index is 10.3. The van der Waals surface area contributed by atoms with Crippen molar-refractivity contribution < 1.29 is 44.5 Å². The third kappa shape index (κ3) is 53.4. The van der Waals surface area contributed by atoms with Crippen LogP contribution < -0.4 is 0 Å². The largest absolute Gasteiger partial charge is 0.481 e. The van der Waals surface area contributed by atoms with E-state index in [4.69, 9.17) is 39.7 Å². The van der Waals surface area contributed by atoms with E-state index in [9.17, 15) is 4.79 Å². The number of ether oxygens (including phenoxy) is 3. The third-order valence-electron chi connectivity index (χ3n) is 4.80. The molecule has 0 spiro atoms. The Bertz CT molecular complexity index is 525. The Morgan fingerprint density at radius 3 is 1.56 bits per heavy atom. The van der Waals surface area contributed by atoms with Crippen LogP contribution in [0.3, 0.4) is 0 Å². The Morgan fingerprint density at radius 2 is 1.13 bits per heavy atom. The summed E-state index contributed by atoms with van der Waals surface area (Å²) >= 11 is 0. The van der Waals surface area contributed by atoms with E-state index >= 15 is 0 Å². The molecule has 0 radical (unpaired) electrons. The van der Waals surface area contributed by atoms with Crippen molar-refractivity contribution in [3.8, 4) is 0 Å². The summed E-state index contributed by atoms with van der Waals surface area (Å²) in [4.78, 5) is 10.3. The monoisotopic (exact) mass is 562 g/mol. The Balaban J connectivity index is -0.000000581. The molecule has 0 aliphatic rings. The van der Waals surface area contributed by atoms with Crippen LogP contribution >= 0.6 is 0 Å². The zero-order valence-electron chi connectivity index (χ0n) is 24.6. The van der Waals surface area contributed by atoms with Crippen LogP contribution in [0, 0.1) is 0 Å². The summed E-state index contributed by atoms with van der Waals surface area (Å²) in [5.74, 6) is -0.675. The van der Waals surface area contributed by atoms with Crippen LogP contribution in [0.15, 0.2) is 36.5 Å². The van der Waals surface area contributed by atoms with Gasteiger partial charge in [0.2, 0.25) is 0 Å². The molecule has 0 aromatic carbocycles. The molecule has 0 saturated carbocycles. The van der Waals surface area contributed by atoms with Gasteiger partial charge in [-0.2, -0.15) is 0 Å². The molecule has 0 unspecified atom stereocenters. The van der Waals surface area contributed by atoms with E-state index in [0.717, 1.165) is 51.4 Å². The van der Waals surface area contributed by atoms with Crippen molar-refractivity contribution in [1.82, 2.24) is 0 Å². The zero-order valence-corrected chi connectivity index (χ0v) is 24.6. The molecule has 5 N–H and O–H groups in total. The number of hydrogen-bond acceptors (Lipinski definition) is 8. The van der Waals surface area contributed by atoms with Crippen LogP contribution in [0.1, 0.15) is 90.9 Å². The fraction of sp³-hybridized carbons (Fsp3) is 0.767. The van der Waals surface area contributed by atoms with Gasteiger partial charge in [0.1, 0.15) is 0 Å². The van der Waals surface area contributed by atoms with Crippen molar-refractivity contribution in [3.05, 3.63) is 36.5 Å². The van der Waals surface area contributed by atoms with Crippen molar-refractivity contribution >= 4 is 5.97 Å². The summed E-state index contributed by atoms with van der Waals surface area (Å²) in [7, 11) is 0. The number of allylic oxidation sites excluding steroid dienone is 6. The van der Waals surface area contributed by atoms with Crippen LogP contribution in [0.25, 0.3) is 0 Å². The lowest BCUT2D eigenvalue weighted by molar-refractivity contribution is -0.137. The number of aliphatic carboxylic acids is 1. The van der Waals surface area contributed by atoms with Gasteiger partial charge in [0, 0.05) is 6.42 Å². The molecule has 9 nitrogen and oxygen atoms in total. The lowest BCUT2D eigenvalue weighted by Gasteiger charge is -2.04. The molecule has 0 saturated heterocycles. The molecule has 0 aliphatic heterocycles. The van der Waals surface area contributed by atoms with E-state index in [0.29, 0.717) is 52.5 Å². The first-order valence-corrected chi connectivity index (χ1v) is 14.4. The van der Waals surface area contributed by atoms with Crippen molar-refractivity contribution in [2.45, 2.75) is 97.2 Å². The number of aliphatic hydroxyl groups is 4. The second-order valence-electron chi connectivity index (χ2n) is 8.55. The SMILES string of the molecule is CC/C=C\C/C=C\C/C=C\CCCCCCCC(=O)O.CCCC(O)O.OCCOCCOCCOCCO. The minimum absolute atomic E-state index is 0.0413. The van der Waals surface area contributed by atoms with E-state index in [1.54, 1.807) is 0 Å². The highest BCUT2D eigenvalue weighted by molar-refractivity contribution is 5.66. The smallest absolute Gasteiger partial charge is 0.303 e. The number of unbranched alkanes of at least 4 members (excludes halogenated alkanes) is 5. The van der Waals surface area contributed by atoms with Crippen molar-refractivity contribution in [1.29, 1.82) is 0 Å². The quantitative estimate of drug-likeness (QED) is 0.0603. The average Bonchev–Trinajstić information content (AvgIpc) is 2.90. The molecule has 0 rings (SSSR count). The van der Waals surface area contributed by atoms with Crippen LogP contribution in [-0.4, -0.2) is 90.6 Å². The Morgan fingerprint density at radius 1 is 0.667 bits per heavy atom. The van der Waals surface area contributed by atoms with Gasteiger partial charge in [0.15, 0.2) is 6.29 Å². The molecule has 0 heterocycles. The van der Waals surface area contributed by atoms with E-state index < -0.39 is 12.3 Å². The lowest BCUT2D eigenvalue weighted by atomic mass is 10.1. The maximum absolute atomic E-state index is 10.3. The molecule has 232 valence electrons. The van der Waals surface area contributed by atoms with Gasteiger partial charge in [-0.15, -0.1) is 0 Å². The molecule has 9 heteroatoms. The number of rotatable bonds is 25. The lowest BCUT2D eigenvalue weighted by Crippen LogP contribution is -2.11. The molecular formula is C30H58O9. The first-order valence-electron chi connectivity index (χ1n) is 14.4. The van der Waals surface area contributed by atoms with Gasteiger partial charge in [-0.05, 0) is 44.9 Å². The fourth-order valence-electron chi connectivity index (χ4n) is 2.82. The Hall–Kier alpha value is -1.59. The summed E-state index contributed by atoms with van der Waals surface area (Å²) in [5.41, 5.74) is 0. The molecule has 0 atom stereocenters. The van der Waals surface area contributed by atoms with Gasteiger partial charge in [-0.25, -0.2) is 0 Å². The second-order valence-corrected chi connectivity index (χ2v) is 8.55. The first kappa shape index (κ1) is 41.9. The van der Waals surface area contributed by atoms with E-state index in [1.165, 1.54) is 12.8 Å². The van der Waals surface area contributed by atoms with Crippen LogP contribution in [0.4, 0.5) is 0 Å². The van der Waals surface area contributed by atoms with Gasteiger partial charge in [-0.1, -0.05) is 76.0 Å². The number of carbonyl (C=O) groups is 1. The van der Waals surface area contributed by atoms with Crippen molar-refractivity contribution in [2.24, 2.45) is 0 Å². The van der Waals surface area contributed by atoms with E-state index in [-0.39, 0.29) is 13.2 Å². The first-order chi connectivity index (χ1) is 19.0. The molecule has 0 aliphatic carbocycles. The van der Waals surface area contributed by atoms with E-state index in [1.807, 2.05) is 6.92 Å². The third-order valence-corrected chi connectivity index (χ3v) is 4.80. The molecule has 39 heavy (non-hydrogen) atoms. The summed E-state index contributed by atoms with van der Waals surface area (Å²) in [5, 5.41) is 41.4. The highest BCUT2D eigenvalue weighted by atomic mass is 16.5. The maximum Gasteiger partial charge on any atom is 0.303 e. The van der Waals surface area contributed by atoms with Crippen LogP contribution in [0.2, 0.25) is 0 Å². The predicted molar refractivity (Wildman–Crippen MR) is 157 cm³/mol. The van der Waals surface area contributed by atoms with Gasteiger partial charge < -0.3 is 39.7 Å². The van der Waals surface area contributed by atoms with Gasteiger partial charge >= 0.3 is 5.97 Å². The highest BCUT2D eigenvalue weighted by Gasteiger charge is 1.95. The van der Waals surface area contributed by atoms with Gasteiger partial charge in [0.05, 0.1) is 52.9 Å². The van der Waals surface area contributed by atoms with Gasteiger partial charge in [0.25, 0.3) is 0 Å². The molecule has 0 amide bonds. The molecule has 0 aromatic heterocycles.